The number of hydrogen-bond donors (Lipinski definition) is 1. The lowest BCUT2D eigenvalue weighted by molar-refractivity contribution is -0.134. The van der Waals surface area contributed by atoms with Crippen LogP contribution in [-0.4, -0.2) is 34.4 Å². The molecule has 104 valence electrons. The summed E-state index contributed by atoms with van der Waals surface area (Å²) in [5.41, 5.74) is 1.92. The molecule has 0 fully saturated rings. The van der Waals surface area contributed by atoms with E-state index in [2.05, 4.69) is 15.3 Å². The Bertz CT molecular complexity index is 596. The number of carbonyl (C=O) groups excluding carboxylic acids is 1. The van der Waals surface area contributed by atoms with Crippen molar-refractivity contribution in [2.24, 2.45) is 0 Å². The highest BCUT2D eigenvalue weighted by atomic mass is 16.3. The molecule has 1 amide bonds. The van der Waals surface area contributed by atoms with E-state index in [1.165, 1.54) is 6.33 Å². The van der Waals surface area contributed by atoms with Crippen molar-refractivity contribution in [2.45, 2.75) is 19.0 Å². The standard InChI is InChI=1S/C14H16N4O2/c1-15-12-13-10(4-7-20-13)3-6-18(14(12)19)8-11-2-5-16-9-17-11/h2,4-5,7,9,12,15H,3,6,8H2,1H3. The Morgan fingerprint density at radius 1 is 1.50 bits per heavy atom. The van der Waals surface area contributed by atoms with Crippen LogP contribution in [0.4, 0.5) is 0 Å². The van der Waals surface area contributed by atoms with E-state index in [4.69, 9.17) is 4.42 Å². The smallest absolute Gasteiger partial charge is 0.247 e. The number of aromatic nitrogens is 2. The molecule has 3 rings (SSSR count). The van der Waals surface area contributed by atoms with Crippen molar-refractivity contribution >= 4 is 5.91 Å². The fourth-order valence-electron chi connectivity index (χ4n) is 2.49. The van der Waals surface area contributed by atoms with Crippen LogP contribution in [-0.2, 0) is 17.8 Å². The van der Waals surface area contributed by atoms with Gasteiger partial charge in [0.25, 0.3) is 0 Å². The molecule has 1 aliphatic rings. The third-order valence-corrected chi connectivity index (χ3v) is 3.54. The second kappa shape index (κ2) is 5.42. The van der Waals surface area contributed by atoms with Crippen LogP contribution in [0.3, 0.4) is 0 Å². The monoisotopic (exact) mass is 272 g/mol. The maximum absolute atomic E-state index is 12.6. The second-order valence-electron chi connectivity index (χ2n) is 4.74. The minimum atomic E-state index is -0.427. The van der Waals surface area contributed by atoms with E-state index >= 15 is 0 Å². The first kappa shape index (κ1) is 12.8. The number of carbonyl (C=O) groups is 1. The fraction of sp³-hybridized carbons (Fsp3) is 0.357. The van der Waals surface area contributed by atoms with Crippen LogP contribution in [0.1, 0.15) is 23.1 Å². The van der Waals surface area contributed by atoms with E-state index in [0.717, 1.165) is 23.4 Å². The number of rotatable bonds is 3. The molecule has 20 heavy (non-hydrogen) atoms. The van der Waals surface area contributed by atoms with Crippen molar-refractivity contribution in [3.8, 4) is 0 Å². The SMILES string of the molecule is CNC1C(=O)N(Cc2ccncn2)CCc2ccoc21. The predicted octanol–water partition coefficient (Wildman–Crippen LogP) is 0.915. The second-order valence-corrected chi connectivity index (χ2v) is 4.74. The van der Waals surface area contributed by atoms with E-state index in [1.807, 2.05) is 12.1 Å². The summed E-state index contributed by atoms with van der Waals surface area (Å²) < 4.78 is 5.47. The summed E-state index contributed by atoms with van der Waals surface area (Å²) in [4.78, 5) is 22.5. The summed E-state index contributed by atoms with van der Waals surface area (Å²) in [6.07, 6.45) is 5.62. The van der Waals surface area contributed by atoms with E-state index in [0.29, 0.717) is 13.1 Å². The Balaban J connectivity index is 1.84. The molecule has 0 radical (unpaired) electrons. The van der Waals surface area contributed by atoms with Gasteiger partial charge in [0.1, 0.15) is 18.1 Å². The van der Waals surface area contributed by atoms with Crippen LogP contribution in [0.15, 0.2) is 35.3 Å². The van der Waals surface area contributed by atoms with Crippen LogP contribution in [0, 0.1) is 0 Å². The van der Waals surface area contributed by atoms with E-state index in [9.17, 15) is 4.79 Å². The lowest BCUT2D eigenvalue weighted by atomic mass is 10.1. The molecule has 0 saturated heterocycles. The molecule has 2 aromatic heterocycles. The van der Waals surface area contributed by atoms with Crippen LogP contribution >= 0.6 is 0 Å². The van der Waals surface area contributed by atoms with Gasteiger partial charge in [-0.25, -0.2) is 9.97 Å². The minimum Gasteiger partial charge on any atom is -0.467 e. The van der Waals surface area contributed by atoms with Crippen molar-refractivity contribution in [1.29, 1.82) is 0 Å². The zero-order valence-corrected chi connectivity index (χ0v) is 11.2. The highest BCUT2D eigenvalue weighted by Gasteiger charge is 2.32. The average molecular weight is 272 g/mol. The van der Waals surface area contributed by atoms with E-state index in [-0.39, 0.29) is 5.91 Å². The molecule has 2 aromatic rings. The van der Waals surface area contributed by atoms with Crippen molar-refractivity contribution in [3.63, 3.8) is 0 Å². The molecule has 0 spiro atoms. The number of fused-ring (bicyclic) bond motifs is 1. The summed E-state index contributed by atoms with van der Waals surface area (Å²) >= 11 is 0. The average Bonchev–Trinajstić information content (AvgIpc) is 2.89. The molecule has 1 atom stereocenters. The molecular formula is C14H16N4O2. The molecule has 1 aliphatic heterocycles. The Kier molecular flexibility index (Phi) is 3.47. The highest BCUT2D eigenvalue weighted by molar-refractivity contribution is 5.83. The predicted molar refractivity (Wildman–Crippen MR) is 71.7 cm³/mol. The number of nitrogens with zero attached hydrogens (tertiary/aromatic N) is 3. The van der Waals surface area contributed by atoms with Crippen LogP contribution in [0.2, 0.25) is 0 Å². The van der Waals surface area contributed by atoms with Crippen LogP contribution in [0.5, 0.6) is 0 Å². The van der Waals surface area contributed by atoms with Gasteiger partial charge in [-0.1, -0.05) is 0 Å². The van der Waals surface area contributed by atoms with Crippen molar-refractivity contribution < 1.29 is 9.21 Å². The summed E-state index contributed by atoms with van der Waals surface area (Å²) in [7, 11) is 1.77. The number of likely N-dealkylation sites (N-methyl/N-ethyl adjacent to an activating group) is 1. The fourth-order valence-corrected chi connectivity index (χ4v) is 2.49. The van der Waals surface area contributed by atoms with E-state index in [1.54, 1.807) is 24.4 Å². The Hall–Kier alpha value is -2.21. The van der Waals surface area contributed by atoms with Gasteiger partial charge in [-0.05, 0) is 31.2 Å². The summed E-state index contributed by atoms with van der Waals surface area (Å²) in [6, 6.07) is 3.33. The van der Waals surface area contributed by atoms with Gasteiger partial charge in [0.05, 0.1) is 18.5 Å². The first-order valence-corrected chi connectivity index (χ1v) is 6.57. The topological polar surface area (TPSA) is 71.3 Å². The van der Waals surface area contributed by atoms with Gasteiger partial charge in [0.15, 0.2) is 0 Å². The first-order valence-electron chi connectivity index (χ1n) is 6.57. The van der Waals surface area contributed by atoms with Crippen molar-refractivity contribution in [1.82, 2.24) is 20.2 Å². The summed E-state index contributed by atoms with van der Waals surface area (Å²) in [5, 5.41) is 3.03. The molecule has 3 heterocycles. The molecule has 0 aliphatic carbocycles. The Morgan fingerprint density at radius 2 is 2.40 bits per heavy atom. The molecule has 0 bridgehead atoms. The van der Waals surface area contributed by atoms with Crippen molar-refractivity contribution in [2.75, 3.05) is 13.6 Å². The van der Waals surface area contributed by atoms with Gasteiger partial charge in [0.2, 0.25) is 5.91 Å². The molecule has 6 nitrogen and oxygen atoms in total. The quantitative estimate of drug-likeness (QED) is 0.899. The molecular weight excluding hydrogens is 256 g/mol. The van der Waals surface area contributed by atoms with Crippen molar-refractivity contribution in [3.05, 3.63) is 47.9 Å². The van der Waals surface area contributed by atoms with Gasteiger partial charge in [-0.3, -0.25) is 4.79 Å². The summed E-state index contributed by atoms with van der Waals surface area (Å²) in [6.45, 7) is 1.15. The Morgan fingerprint density at radius 3 is 3.15 bits per heavy atom. The largest absolute Gasteiger partial charge is 0.467 e. The molecule has 1 unspecified atom stereocenters. The molecule has 1 N–H and O–H groups in total. The van der Waals surface area contributed by atoms with Crippen LogP contribution in [0.25, 0.3) is 0 Å². The molecule has 6 heteroatoms. The minimum absolute atomic E-state index is 0.0137. The zero-order valence-electron chi connectivity index (χ0n) is 11.2. The third kappa shape index (κ3) is 2.30. The normalized spacial score (nSPS) is 18.8. The lowest BCUT2D eigenvalue weighted by Crippen LogP contribution is -2.38. The maximum atomic E-state index is 12.6. The van der Waals surface area contributed by atoms with Gasteiger partial charge in [-0.15, -0.1) is 0 Å². The third-order valence-electron chi connectivity index (χ3n) is 3.54. The number of amides is 1. The molecule has 0 aromatic carbocycles. The van der Waals surface area contributed by atoms with Gasteiger partial charge in [0, 0.05) is 12.7 Å². The maximum Gasteiger partial charge on any atom is 0.247 e. The zero-order chi connectivity index (χ0) is 13.9. The van der Waals surface area contributed by atoms with E-state index < -0.39 is 6.04 Å². The van der Waals surface area contributed by atoms with Gasteiger partial charge < -0.3 is 14.6 Å². The van der Waals surface area contributed by atoms with Gasteiger partial charge >= 0.3 is 0 Å². The molecule has 0 saturated carbocycles. The highest BCUT2D eigenvalue weighted by Crippen LogP contribution is 2.26. The summed E-state index contributed by atoms with van der Waals surface area (Å²) in [5.74, 6) is 0.738. The lowest BCUT2D eigenvalue weighted by Gasteiger charge is -2.23. The number of nitrogens with one attached hydrogen (secondary N) is 1. The number of hydrogen-bond acceptors (Lipinski definition) is 5. The first-order chi connectivity index (χ1) is 9.79. The Labute approximate surface area is 116 Å². The van der Waals surface area contributed by atoms with Gasteiger partial charge in [-0.2, -0.15) is 0 Å². The number of furan rings is 1. The van der Waals surface area contributed by atoms with Crippen LogP contribution < -0.4 is 5.32 Å².